The van der Waals surface area contributed by atoms with Gasteiger partial charge in [0.2, 0.25) is 0 Å². The lowest BCUT2D eigenvalue weighted by molar-refractivity contribution is -0.136. The van der Waals surface area contributed by atoms with Crippen molar-refractivity contribution in [2.24, 2.45) is 0 Å². The van der Waals surface area contributed by atoms with E-state index in [1.165, 1.54) is 12.1 Å². The van der Waals surface area contributed by atoms with Gasteiger partial charge in [-0.2, -0.15) is 0 Å². The van der Waals surface area contributed by atoms with E-state index in [4.69, 9.17) is 23.2 Å². The molecule has 0 aromatic heterocycles. The first kappa shape index (κ1) is 17.2. The second-order valence-electron chi connectivity index (χ2n) is 4.71. The number of nitrogens with one attached hydrogen (secondary N) is 2. The Kier molecular flexibility index (Phi) is 5.96. The molecule has 2 amide bonds. The number of carbonyl (C=O) groups excluding carboxylic acids is 2. The quantitative estimate of drug-likeness (QED) is 0.826. The Morgan fingerprint density at radius 2 is 1.61 bits per heavy atom. The van der Waals surface area contributed by atoms with E-state index in [0.29, 0.717) is 11.4 Å². The average molecular weight is 355 g/mol. The van der Waals surface area contributed by atoms with Gasteiger partial charge in [0.15, 0.2) is 0 Å². The van der Waals surface area contributed by atoms with E-state index in [2.05, 4.69) is 10.6 Å². The van der Waals surface area contributed by atoms with E-state index in [-0.39, 0.29) is 17.3 Å². The smallest absolute Gasteiger partial charge is 0.313 e. The standard InChI is InChI=1S/C16H13Cl2FN2O2/c17-11-3-1-10(2-4-11)7-8-20-15(22)16(23)21-14-6-5-12(18)9-13(14)19/h1-6,9H,7-8H2,(H,20,22)(H,21,23). The highest BCUT2D eigenvalue weighted by molar-refractivity contribution is 6.39. The van der Waals surface area contributed by atoms with E-state index in [1.807, 2.05) is 12.1 Å². The molecule has 4 nitrogen and oxygen atoms in total. The Morgan fingerprint density at radius 1 is 0.957 bits per heavy atom. The molecule has 0 aliphatic heterocycles. The summed E-state index contributed by atoms with van der Waals surface area (Å²) < 4.78 is 13.5. The van der Waals surface area contributed by atoms with Gasteiger partial charge in [-0.15, -0.1) is 0 Å². The van der Waals surface area contributed by atoms with Gasteiger partial charge in [-0.3, -0.25) is 9.59 Å². The summed E-state index contributed by atoms with van der Waals surface area (Å²) in [4.78, 5) is 23.4. The van der Waals surface area contributed by atoms with Gasteiger partial charge < -0.3 is 10.6 Å². The Hall–Kier alpha value is -2.11. The normalized spacial score (nSPS) is 10.2. The lowest BCUT2D eigenvalue weighted by Crippen LogP contribution is -2.36. The fourth-order valence-electron chi connectivity index (χ4n) is 1.82. The molecular weight excluding hydrogens is 342 g/mol. The molecule has 0 unspecified atom stereocenters. The highest BCUT2D eigenvalue weighted by atomic mass is 35.5. The number of rotatable bonds is 4. The molecule has 2 aromatic rings. The van der Waals surface area contributed by atoms with Crippen LogP contribution < -0.4 is 10.6 Å². The van der Waals surface area contributed by atoms with Crippen LogP contribution in [0.4, 0.5) is 10.1 Å². The molecule has 23 heavy (non-hydrogen) atoms. The second kappa shape index (κ2) is 7.94. The number of benzene rings is 2. The first-order valence-electron chi connectivity index (χ1n) is 6.74. The molecule has 0 saturated heterocycles. The molecule has 0 aliphatic carbocycles. The number of amides is 2. The molecule has 0 saturated carbocycles. The van der Waals surface area contributed by atoms with Crippen LogP contribution in [0.3, 0.4) is 0 Å². The first-order chi connectivity index (χ1) is 11.0. The van der Waals surface area contributed by atoms with Crippen LogP contribution in [0.15, 0.2) is 42.5 Å². The molecule has 120 valence electrons. The van der Waals surface area contributed by atoms with Gasteiger partial charge >= 0.3 is 11.8 Å². The summed E-state index contributed by atoms with van der Waals surface area (Å²) in [6.07, 6.45) is 0.547. The van der Waals surface area contributed by atoms with E-state index in [1.54, 1.807) is 12.1 Å². The summed E-state index contributed by atoms with van der Waals surface area (Å²) in [5.41, 5.74) is 0.867. The highest BCUT2D eigenvalue weighted by Gasteiger charge is 2.15. The van der Waals surface area contributed by atoms with Crippen molar-refractivity contribution in [3.8, 4) is 0 Å². The van der Waals surface area contributed by atoms with Crippen LogP contribution in [-0.2, 0) is 16.0 Å². The average Bonchev–Trinajstić information content (AvgIpc) is 2.51. The van der Waals surface area contributed by atoms with Gasteiger partial charge in [-0.1, -0.05) is 35.3 Å². The van der Waals surface area contributed by atoms with Crippen LogP contribution in [0.25, 0.3) is 0 Å². The Bertz CT molecular complexity index is 721. The topological polar surface area (TPSA) is 58.2 Å². The zero-order valence-corrected chi connectivity index (χ0v) is 13.4. The monoisotopic (exact) mass is 354 g/mol. The van der Waals surface area contributed by atoms with Crippen LogP contribution in [-0.4, -0.2) is 18.4 Å². The SMILES string of the molecule is O=C(NCCc1ccc(Cl)cc1)C(=O)Nc1ccc(Cl)cc1F. The van der Waals surface area contributed by atoms with Crippen LogP contribution in [0.2, 0.25) is 10.0 Å². The number of anilines is 1. The minimum Gasteiger partial charge on any atom is -0.347 e. The van der Waals surface area contributed by atoms with Crippen molar-refractivity contribution in [1.82, 2.24) is 5.32 Å². The van der Waals surface area contributed by atoms with Crippen LogP contribution in [0.1, 0.15) is 5.56 Å². The highest BCUT2D eigenvalue weighted by Crippen LogP contribution is 2.18. The van der Waals surface area contributed by atoms with Crippen molar-refractivity contribution >= 4 is 40.7 Å². The predicted octanol–water partition coefficient (Wildman–Crippen LogP) is 3.43. The summed E-state index contributed by atoms with van der Waals surface area (Å²) in [6, 6.07) is 10.9. The van der Waals surface area contributed by atoms with Crippen molar-refractivity contribution in [2.75, 3.05) is 11.9 Å². The van der Waals surface area contributed by atoms with Crippen LogP contribution >= 0.6 is 23.2 Å². The van der Waals surface area contributed by atoms with Gasteiger partial charge in [0.1, 0.15) is 5.82 Å². The van der Waals surface area contributed by atoms with Crippen molar-refractivity contribution < 1.29 is 14.0 Å². The molecule has 7 heteroatoms. The van der Waals surface area contributed by atoms with Gasteiger partial charge in [0.05, 0.1) is 5.69 Å². The minimum absolute atomic E-state index is 0.104. The Morgan fingerprint density at radius 3 is 2.26 bits per heavy atom. The fourth-order valence-corrected chi connectivity index (χ4v) is 2.11. The van der Waals surface area contributed by atoms with Crippen LogP contribution in [0.5, 0.6) is 0 Å². The summed E-state index contributed by atoms with van der Waals surface area (Å²) in [7, 11) is 0. The molecule has 0 radical (unpaired) electrons. The van der Waals surface area contributed by atoms with Gasteiger partial charge in [0.25, 0.3) is 0 Å². The maximum Gasteiger partial charge on any atom is 0.313 e. The summed E-state index contributed by atoms with van der Waals surface area (Å²) in [5.74, 6) is -2.49. The lowest BCUT2D eigenvalue weighted by atomic mass is 10.1. The van der Waals surface area contributed by atoms with Crippen molar-refractivity contribution in [3.05, 3.63) is 63.9 Å². The number of hydrogen-bond donors (Lipinski definition) is 2. The summed E-state index contributed by atoms with van der Waals surface area (Å²) in [5, 5.41) is 5.48. The van der Waals surface area contributed by atoms with Gasteiger partial charge in [-0.25, -0.2) is 4.39 Å². The second-order valence-corrected chi connectivity index (χ2v) is 5.58. The molecule has 0 spiro atoms. The van der Waals surface area contributed by atoms with E-state index < -0.39 is 17.6 Å². The fraction of sp³-hybridized carbons (Fsp3) is 0.125. The van der Waals surface area contributed by atoms with E-state index in [0.717, 1.165) is 11.6 Å². The van der Waals surface area contributed by atoms with Crippen molar-refractivity contribution in [3.63, 3.8) is 0 Å². The molecule has 2 aromatic carbocycles. The van der Waals surface area contributed by atoms with E-state index >= 15 is 0 Å². The zero-order valence-electron chi connectivity index (χ0n) is 11.9. The largest absolute Gasteiger partial charge is 0.347 e. The van der Waals surface area contributed by atoms with E-state index in [9.17, 15) is 14.0 Å². The van der Waals surface area contributed by atoms with Crippen molar-refractivity contribution in [1.29, 1.82) is 0 Å². The number of carbonyl (C=O) groups is 2. The molecule has 0 aliphatic rings. The molecule has 0 heterocycles. The molecule has 0 atom stereocenters. The zero-order chi connectivity index (χ0) is 16.8. The number of halogens is 3. The maximum absolute atomic E-state index is 13.5. The molecule has 2 rings (SSSR count). The predicted molar refractivity (Wildman–Crippen MR) is 88.2 cm³/mol. The summed E-state index contributed by atoms with van der Waals surface area (Å²) in [6.45, 7) is 0.275. The first-order valence-corrected chi connectivity index (χ1v) is 7.50. The Balaban J connectivity index is 1.83. The van der Waals surface area contributed by atoms with Crippen LogP contribution in [0, 0.1) is 5.82 Å². The third-order valence-corrected chi connectivity index (χ3v) is 3.49. The Labute approximate surface area is 142 Å². The number of hydrogen-bond acceptors (Lipinski definition) is 2. The summed E-state index contributed by atoms with van der Waals surface area (Å²) >= 11 is 11.4. The molecule has 0 fully saturated rings. The molecule has 2 N–H and O–H groups in total. The minimum atomic E-state index is -0.942. The van der Waals surface area contributed by atoms with Gasteiger partial charge in [-0.05, 0) is 42.3 Å². The third kappa shape index (κ3) is 5.23. The molecule has 0 bridgehead atoms. The lowest BCUT2D eigenvalue weighted by Gasteiger charge is -2.07. The van der Waals surface area contributed by atoms with Crippen molar-refractivity contribution in [2.45, 2.75) is 6.42 Å². The molecular formula is C16H13Cl2FN2O2. The third-order valence-electron chi connectivity index (χ3n) is 3.00. The maximum atomic E-state index is 13.5. The van der Waals surface area contributed by atoms with Gasteiger partial charge in [0, 0.05) is 16.6 Å².